The summed E-state index contributed by atoms with van der Waals surface area (Å²) in [5.74, 6) is 0.846. The van der Waals surface area contributed by atoms with Gasteiger partial charge in [-0.25, -0.2) is 0 Å². The Morgan fingerprint density at radius 2 is 2.04 bits per heavy atom. The van der Waals surface area contributed by atoms with Crippen LogP contribution in [0.2, 0.25) is 0 Å². The van der Waals surface area contributed by atoms with Crippen LogP contribution in [0.1, 0.15) is 29.9 Å². The van der Waals surface area contributed by atoms with E-state index in [4.69, 9.17) is 0 Å². The van der Waals surface area contributed by atoms with Crippen LogP contribution in [0.25, 0.3) is 16.6 Å². The number of nitrogens with zero attached hydrogens (tertiary/aromatic N) is 5. The summed E-state index contributed by atoms with van der Waals surface area (Å²) in [7, 11) is 0. The topological polar surface area (TPSA) is 73.0 Å². The van der Waals surface area contributed by atoms with Crippen molar-refractivity contribution < 1.29 is 4.79 Å². The molecule has 1 aliphatic rings. The van der Waals surface area contributed by atoms with Crippen LogP contribution >= 0.6 is 0 Å². The van der Waals surface area contributed by atoms with E-state index in [-0.39, 0.29) is 5.41 Å². The van der Waals surface area contributed by atoms with E-state index in [9.17, 15) is 4.79 Å². The van der Waals surface area contributed by atoms with Crippen LogP contribution in [0.15, 0.2) is 48.7 Å². The second-order valence-corrected chi connectivity index (χ2v) is 6.48. The number of benzene rings is 1. The predicted molar refractivity (Wildman–Crippen MR) is 92.3 cm³/mol. The molecule has 0 aliphatic heterocycles. The molecule has 4 aromatic rings. The summed E-state index contributed by atoms with van der Waals surface area (Å²) in [4.78, 5) is 15.2. The molecule has 0 unspecified atom stereocenters. The van der Waals surface area contributed by atoms with Gasteiger partial charge >= 0.3 is 0 Å². The molecule has 0 N–H and O–H groups in total. The van der Waals surface area contributed by atoms with E-state index in [1.54, 1.807) is 10.7 Å². The zero-order valence-corrected chi connectivity index (χ0v) is 13.5. The molecule has 0 bridgehead atoms. The summed E-state index contributed by atoms with van der Waals surface area (Å²) >= 11 is 0. The van der Waals surface area contributed by atoms with Crippen molar-refractivity contribution in [1.29, 1.82) is 0 Å². The summed E-state index contributed by atoms with van der Waals surface area (Å²) in [6.07, 6.45) is 4.99. The molecule has 6 heteroatoms. The maximum Gasteiger partial charge on any atom is 0.177 e. The number of hydrogen-bond acceptors (Lipinski definition) is 5. The maximum atomic E-state index is 10.8. The van der Waals surface area contributed by atoms with Crippen molar-refractivity contribution in [2.24, 2.45) is 0 Å². The number of aldehydes is 1. The van der Waals surface area contributed by atoms with Crippen LogP contribution in [-0.4, -0.2) is 31.1 Å². The first-order valence-electron chi connectivity index (χ1n) is 8.31. The molecule has 0 spiro atoms. The van der Waals surface area contributed by atoms with Gasteiger partial charge in [-0.05, 0) is 48.7 Å². The highest BCUT2D eigenvalue weighted by Gasteiger charge is 2.50. The number of carbonyl (C=O) groups excluding carboxylic acids is 1. The first-order chi connectivity index (χ1) is 12.3. The molecule has 1 saturated carbocycles. The summed E-state index contributed by atoms with van der Waals surface area (Å²) in [5.41, 5.74) is 3.47. The zero-order chi connectivity index (χ0) is 16.9. The fourth-order valence-electron chi connectivity index (χ4n) is 3.46. The molecule has 25 heavy (non-hydrogen) atoms. The van der Waals surface area contributed by atoms with Gasteiger partial charge < -0.3 is 4.79 Å². The third kappa shape index (κ3) is 2.14. The van der Waals surface area contributed by atoms with Gasteiger partial charge in [-0.3, -0.25) is 4.98 Å². The van der Waals surface area contributed by atoms with Gasteiger partial charge in [0.2, 0.25) is 0 Å². The van der Waals surface area contributed by atoms with Crippen molar-refractivity contribution in [1.82, 2.24) is 24.8 Å². The van der Waals surface area contributed by atoms with Gasteiger partial charge in [-0.2, -0.15) is 9.61 Å². The SMILES string of the molecule is O=CCc1ccc2nnc(C3(c4ccc5ncccc5c4)CC3)n2n1. The minimum absolute atomic E-state index is 0.156. The van der Waals surface area contributed by atoms with E-state index in [0.29, 0.717) is 12.1 Å². The largest absolute Gasteiger partial charge is 0.303 e. The van der Waals surface area contributed by atoms with Crippen LogP contribution in [0.3, 0.4) is 0 Å². The number of carbonyl (C=O) groups is 1. The lowest BCUT2D eigenvalue weighted by atomic mass is 9.94. The summed E-state index contributed by atoms with van der Waals surface area (Å²) in [6.45, 7) is 0. The molecule has 6 nitrogen and oxygen atoms in total. The minimum Gasteiger partial charge on any atom is -0.303 e. The highest BCUT2D eigenvalue weighted by Crippen LogP contribution is 2.52. The Bertz CT molecular complexity index is 1110. The summed E-state index contributed by atoms with van der Waals surface area (Å²) < 4.78 is 1.79. The number of aromatic nitrogens is 5. The summed E-state index contributed by atoms with van der Waals surface area (Å²) in [6, 6.07) is 14.1. The van der Waals surface area contributed by atoms with E-state index >= 15 is 0 Å². The Morgan fingerprint density at radius 1 is 1.12 bits per heavy atom. The van der Waals surface area contributed by atoms with Gasteiger partial charge in [-0.15, -0.1) is 10.2 Å². The standard InChI is InChI=1S/C19H15N5O/c25-11-7-15-4-6-17-21-22-18(24(17)23-15)19(8-9-19)14-3-5-16-13(12-14)2-1-10-20-16/h1-6,10-12H,7-9H2. The number of pyridine rings is 1. The molecule has 0 amide bonds. The molecule has 0 saturated heterocycles. The Morgan fingerprint density at radius 3 is 2.88 bits per heavy atom. The van der Waals surface area contributed by atoms with Crippen molar-refractivity contribution in [2.75, 3.05) is 0 Å². The lowest BCUT2D eigenvalue weighted by molar-refractivity contribution is -0.107. The van der Waals surface area contributed by atoms with Crippen LogP contribution < -0.4 is 0 Å². The Labute approximate surface area is 143 Å². The number of rotatable bonds is 4. The van der Waals surface area contributed by atoms with Gasteiger partial charge in [-0.1, -0.05) is 12.1 Å². The first-order valence-corrected chi connectivity index (χ1v) is 8.31. The molecule has 1 aromatic carbocycles. The average molecular weight is 329 g/mol. The molecule has 1 aliphatic carbocycles. The molecule has 3 heterocycles. The molecule has 122 valence electrons. The Balaban J connectivity index is 1.67. The van der Waals surface area contributed by atoms with E-state index in [1.165, 1.54) is 5.56 Å². The van der Waals surface area contributed by atoms with Crippen molar-refractivity contribution in [3.63, 3.8) is 0 Å². The van der Waals surface area contributed by atoms with Gasteiger partial charge in [0.05, 0.1) is 16.6 Å². The smallest absolute Gasteiger partial charge is 0.177 e. The monoisotopic (exact) mass is 329 g/mol. The van der Waals surface area contributed by atoms with Crippen molar-refractivity contribution in [3.05, 3.63) is 65.7 Å². The highest BCUT2D eigenvalue weighted by atomic mass is 16.1. The zero-order valence-electron chi connectivity index (χ0n) is 13.5. The molecule has 0 radical (unpaired) electrons. The number of hydrogen-bond donors (Lipinski definition) is 0. The van der Waals surface area contributed by atoms with Gasteiger partial charge in [0.1, 0.15) is 6.29 Å². The second kappa shape index (κ2) is 5.17. The third-order valence-electron chi connectivity index (χ3n) is 4.94. The normalized spacial score (nSPS) is 15.5. The highest BCUT2D eigenvalue weighted by molar-refractivity contribution is 5.79. The third-order valence-corrected chi connectivity index (χ3v) is 4.94. The summed E-state index contributed by atoms with van der Waals surface area (Å²) in [5, 5.41) is 14.4. The predicted octanol–water partition coefficient (Wildman–Crippen LogP) is 2.49. The number of fused-ring (bicyclic) bond motifs is 2. The molecule has 5 rings (SSSR count). The average Bonchev–Trinajstić information content (AvgIpc) is 3.35. The van der Waals surface area contributed by atoms with Gasteiger partial charge in [0.15, 0.2) is 11.5 Å². The lowest BCUT2D eigenvalue weighted by Gasteiger charge is -2.14. The molecule has 0 atom stereocenters. The van der Waals surface area contributed by atoms with E-state index in [0.717, 1.165) is 41.5 Å². The van der Waals surface area contributed by atoms with Crippen molar-refractivity contribution in [2.45, 2.75) is 24.7 Å². The maximum absolute atomic E-state index is 10.8. The second-order valence-electron chi connectivity index (χ2n) is 6.48. The van der Waals surface area contributed by atoms with Gasteiger partial charge in [0.25, 0.3) is 0 Å². The van der Waals surface area contributed by atoms with E-state index in [2.05, 4.69) is 44.5 Å². The van der Waals surface area contributed by atoms with Crippen LogP contribution in [-0.2, 0) is 16.6 Å². The molecule has 1 fully saturated rings. The van der Waals surface area contributed by atoms with Gasteiger partial charge in [0, 0.05) is 18.0 Å². The molecule has 3 aromatic heterocycles. The molecular weight excluding hydrogens is 314 g/mol. The first kappa shape index (κ1) is 14.2. The molecular formula is C19H15N5O. The van der Waals surface area contributed by atoms with Crippen molar-refractivity contribution >= 4 is 22.8 Å². The van der Waals surface area contributed by atoms with E-state index < -0.39 is 0 Å². The Kier molecular flexibility index (Phi) is 2.94. The van der Waals surface area contributed by atoms with Crippen LogP contribution in [0.5, 0.6) is 0 Å². The van der Waals surface area contributed by atoms with Crippen LogP contribution in [0.4, 0.5) is 0 Å². The van der Waals surface area contributed by atoms with Crippen LogP contribution in [0, 0.1) is 0 Å². The van der Waals surface area contributed by atoms with Crippen molar-refractivity contribution in [3.8, 4) is 0 Å². The fourth-order valence-corrected chi connectivity index (χ4v) is 3.46. The Hall–Kier alpha value is -3.15. The minimum atomic E-state index is -0.156. The quantitative estimate of drug-likeness (QED) is 0.538. The fraction of sp³-hybridized carbons (Fsp3) is 0.211. The van der Waals surface area contributed by atoms with E-state index in [1.807, 2.05) is 18.2 Å². The lowest BCUT2D eigenvalue weighted by Crippen LogP contribution is -2.15.